The van der Waals surface area contributed by atoms with Crippen molar-refractivity contribution in [2.24, 2.45) is 0 Å². The van der Waals surface area contributed by atoms with E-state index in [0.29, 0.717) is 17.0 Å². The molecule has 0 aliphatic rings. The summed E-state index contributed by atoms with van der Waals surface area (Å²) in [6, 6.07) is 17.2. The van der Waals surface area contributed by atoms with Crippen LogP contribution in [-0.2, 0) is 33.6 Å². The van der Waals surface area contributed by atoms with Gasteiger partial charge in [-0.05, 0) is 37.0 Å². The predicted molar refractivity (Wildman–Crippen MR) is 117 cm³/mol. The molecule has 8 heteroatoms. The first kappa shape index (κ1) is 22.2. The molecule has 3 rings (SSSR count). The molecule has 1 heterocycles. The number of hydrogen-bond acceptors (Lipinski definition) is 6. The van der Waals surface area contributed by atoms with Crippen LogP contribution < -0.4 is 10.9 Å². The monoisotopic (exact) mass is 437 g/mol. The van der Waals surface area contributed by atoms with E-state index < -0.39 is 24.4 Å². The van der Waals surface area contributed by atoms with E-state index in [4.69, 9.17) is 4.74 Å². The molecule has 0 spiro atoms. The second-order valence-electron chi connectivity index (χ2n) is 6.87. The van der Waals surface area contributed by atoms with Gasteiger partial charge in [0.2, 0.25) is 5.91 Å². The molecule has 2 amide bonds. The molecule has 0 saturated heterocycles. The van der Waals surface area contributed by atoms with Gasteiger partial charge in [-0.15, -0.1) is 11.3 Å². The Morgan fingerprint density at radius 1 is 0.935 bits per heavy atom. The highest BCUT2D eigenvalue weighted by atomic mass is 32.1. The van der Waals surface area contributed by atoms with Crippen molar-refractivity contribution < 1.29 is 19.1 Å². The number of aryl methyl sites for hydroxylation is 3. The van der Waals surface area contributed by atoms with E-state index in [1.54, 1.807) is 12.1 Å². The predicted octanol–water partition coefficient (Wildman–Crippen LogP) is 2.78. The normalized spacial score (nSPS) is 10.4. The van der Waals surface area contributed by atoms with Crippen LogP contribution in [0.1, 0.15) is 32.2 Å². The quantitative estimate of drug-likeness (QED) is 0.417. The van der Waals surface area contributed by atoms with Gasteiger partial charge in [-0.3, -0.25) is 20.4 Å². The molecular formula is C23H23N3O4S. The van der Waals surface area contributed by atoms with Crippen LogP contribution in [0.4, 0.5) is 0 Å². The van der Waals surface area contributed by atoms with Crippen molar-refractivity contribution in [3.05, 3.63) is 87.4 Å². The maximum Gasteiger partial charge on any atom is 0.338 e. The zero-order valence-corrected chi connectivity index (χ0v) is 17.9. The molecule has 3 aromatic rings. The fourth-order valence-electron chi connectivity index (χ4n) is 2.91. The molecule has 0 saturated carbocycles. The fourth-order valence-corrected chi connectivity index (χ4v) is 3.68. The van der Waals surface area contributed by atoms with E-state index in [-0.39, 0.29) is 6.42 Å². The van der Waals surface area contributed by atoms with Crippen molar-refractivity contribution in [1.82, 2.24) is 15.8 Å². The van der Waals surface area contributed by atoms with Crippen LogP contribution >= 0.6 is 11.3 Å². The number of nitrogens with zero attached hydrogens (tertiary/aromatic N) is 1. The number of aromatic nitrogens is 1. The van der Waals surface area contributed by atoms with Gasteiger partial charge in [0.1, 0.15) is 5.01 Å². The Hall–Kier alpha value is -3.52. The minimum atomic E-state index is -0.626. The molecular weight excluding hydrogens is 414 g/mol. The summed E-state index contributed by atoms with van der Waals surface area (Å²) in [4.78, 5) is 40.4. The van der Waals surface area contributed by atoms with Crippen molar-refractivity contribution in [2.45, 2.75) is 26.2 Å². The van der Waals surface area contributed by atoms with E-state index in [1.807, 2.05) is 54.8 Å². The van der Waals surface area contributed by atoms with Crippen LogP contribution in [0.25, 0.3) is 0 Å². The third-order valence-electron chi connectivity index (χ3n) is 4.42. The highest BCUT2D eigenvalue weighted by Gasteiger charge is 2.15. The van der Waals surface area contributed by atoms with Gasteiger partial charge in [0.05, 0.1) is 12.0 Å². The molecule has 2 aromatic carbocycles. The van der Waals surface area contributed by atoms with E-state index in [9.17, 15) is 14.4 Å². The lowest BCUT2D eigenvalue weighted by Gasteiger charge is -2.10. The van der Waals surface area contributed by atoms with E-state index in [2.05, 4.69) is 15.8 Å². The number of nitrogens with one attached hydrogen (secondary N) is 2. The summed E-state index contributed by atoms with van der Waals surface area (Å²) in [6.07, 6.45) is 1.53. The number of benzene rings is 2. The lowest BCUT2D eigenvalue weighted by atomic mass is 10.00. The number of esters is 1. The Morgan fingerprint density at radius 2 is 1.65 bits per heavy atom. The van der Waals surface area contributed by atoms with E-state index in [1.165, 1.54) is 16.9 Å². The zero-order chi connectivity index (χ0) is 22.1. The van der Waals surface area contributed by atoms with Crippen molar-refractivity contribution in [2.75, 3.05) is 6.61 Å². The number of rotatable bonds is 8. The van der Waals surface area contributed by atoms with E-state index >= 15 is 0 Å². The van der Waals surface area contributed by atoms with Crippen molar-refractivity contribution in [3.8, 4) is 0 Å². The van der Waals surface area contributed by atoms with Gasteiger partial charge in [0.25, 0.3) is 5.91 Å². The third kappa shape index (κ3) is 7.04. The second kappa shape index (κ2) is 11.0. The number of carbonyl (C=O) groups excluding carboxylic acids is 3. The second-order valence-corrected chi connectivity index (χ2v) is 7.82. The first-order chi connectivity index (χ1) is 15.0. The summed E-state index contributed by atoms with van der Waals surface area (Å²) in [7, 11) is 0. The minimum Gasteiger partial charge on any atom is -0.452 e. The van der Waals surface area contributed by atoms with Gasteiger partial charge < -0.3 is 4.74 Å². The lowest BCUT2D eigenvalue weighted by Crippen LogP contribution is -2.44. The Bertz CT molecular complexity index is 1050. The molecule has 0 fully saturated rings. The highest BCUT2D eigenvalue weighted by molar-refractivity contribution is 7.09. The average Bonchev–Trinajstić information content (AvgIpc) is 3.19. The number of hydrazine groups is 1. The number of amides is 2. The minimum absolute atomic E-state index is 0.0629. The van der Waals surface area contributed by atoms with Crippen LogP contribution in [0.3, 0.4) is 0 Å². The maximum absolute atomic E-state index is 12.5. The van der Waals surface area contributed by atoms with Gasteiger partial charge in [-0.2, -0.15) is 0 Å². The number of thiazole rings is 1. The van der Waals surface area contributed by atoms with Crippen LogP contribution in [0.15, 0.2) is 60.0 Å². The van der Waals surface area contributed by atoms with Crippen LogP contribution in [0.5, 0.6) is 0 Å². The Labute approximate surface area is 184 Å². The molecule has 0 unspecified atom stereocenters. The SMILES string of the molecule is Cc1csc(CC(=O)NNC(=O)COC(=O)c2ccccc2CCc2ccccc2)n1. The Kier molecular flexibility index (Phi) is 7.89. The summed E-state index contributed by atoms with van der Waals surface area (Å²) < 4.78 is 5.12. The van der Waals surface area contributed by atoms with Crippen molar-refractivity contribution in [3.63, 3.8) is 0 Å². The van der Waals surface area contributed by atoms with Crippen molar-refractivity contribution >= 4 is 29.1 Å². The fraction of sp³-hybridized carbons (Fsp3) is 0.217. The van der Waals surface area contributed by atoms with Gasteiger partial charge in [-0.25, -0.2) is 9.78 Å². The van der Waals surface area contributed by atoms with Gasteiger partial charge in [0, 0.05) is 11.1 Å². The summed E-state index contributed by atoms with van der Waals surface area (Å²) in [5, 5.41) is 2.50. The largest absolute Gasteiger partial charge is 0.452 e. The lowest BCUT2D eigenvalue weighted by molar-refractivity contribution is -0.130. The molecule has 2 N–H and O–H groups in total. The summed E-state index contributed by atoms with van der Waals surface area (Å²) in [5.41, 5.74) is 7.82. The van der Waals surface area contributed by atoms with Crippen molar-refractivity contribution in [1.29, 1.82) is 0 Å². The topological polar surface area (TPSA) is 97.4 Å². The molecule has 0 radical (unpaired) electrons. The van der Waals surface area contributed by atoms with Gasteiger partial charge >= 0.3 is 5.97 Å². The molecule has 1 aromatic heterocycles. The number of ether oxygens (including phenoxy) is 1. The molecule has 0 aliphatic carbocycles. The summed E-state index contributed by atoms with van der Waals surface area (Å²) in [5.74, 6) is -1.61. The maximum atomic E-state index is 12.5. The Morgan fingerprint density at radius 3 is 2.39 bits per heavy atom. The van der Waals surface area contributed by atoms with Crippen LogP contribution in [0, 0.1) is 6.92 Å². The molecule has 7 nitrogen and oxygen atoms in total. The summed E-state index contributed by atoms with van der Waals surface area (Å²) in [6.45, 7) is 1.34. The third-order valence-corrected chi connectivity index (χ3v) is 5.38. The van der Waals surface area contributed by atoms with Crippen LogP contribution in [-0.4, -0.2) is 29.4 Å². The molecule has 0 bridgehead atoms. The summed E-state index contributed by atoms with van der Waals surface area (Å²) >= 11 is 1.37. The first-order valence-corrected chi connectivity index (χ1v) is 10.7. The van der Waals surface area contributed by atoms with E-state index in [0.717, 1.165) is 17.7 Å². The molecule has 160 valence electrons. The Balaban J connectivity index is 1.45. The number of hydrogen-bond donors (Lipinski definition) is 2. The van der Waals surface area contributed by atoms with Gasteiger partial charge in [-0.1, -0.05) is 48.5 Å². The highest BCUT2D eigenvalue weighted by Crippen LogP contribution is 2.14. The molecule has 31 heavy (non-hydrogen) atoms. The first-order valence-electron chi connectivity index (χ1n) is 9.79. The number of carbonyl (C=O) groups is 3. The smallest absolute Gasteiger partial charge is 0.338 e. The molecule has 0 atom stereocenters. The zero-order valence-electron chi connectivity index (χ0n) is 17.1. The standard InChI is InChI=1S/C23H23N3O4S/c1-16-15-31-22(24-16)13-20(27)25-26-21(28)14-30-23(29)19-10-6-5-9-18(19)12-11-17-7-3-2-4-8-17/h2-10,15H,11-14H2,1H3,(H,25,27)(H,26,28). The average molecular weight is 438 g/mol. The van der Waals surface area contributed by atoms with Gasteiger partial charge in [0.15, 0.2) is 6.61 Å². The van der Waals surface area contributed by atoms with Crippen LogP contribution in [0.2, 0.25) is 0 Å². The molecule has 0 aliphatic heterocycles.